The molecule has 2 heterocycles. The van der Waals surface area contributed by atoms with Gasteiger partial charge in [-0.3, -0.25) is 9.48 Å². The van der Waals surface area contributed by atoms with Crippen molar-refractivity contribution in [3.63, 3.8) is 0 Å². The average molecular weight is 413 g/mol. The zero-order valence-electron chi connectivity index (χ0n) is 15.8. The summed E-state index contributed by atoms with van der Waals surface area (Å²) in [7, 11) is 3.60. The van der Waals surface area contributed by atoms with E-state index >= 15 is 0 Å². The fourth-order valence-electron chi connectivity index (χ4n) is 3.10. The number of fused-ring (bicyclic) bond motifs is 1. The first-order valence-corrected chi connectivity index (χ1v) is 8.40. The fraction of sp³-hybridized carbons (Fsp3) is 0.389. The number of hydrogen-bond donors (Lipinski definition) is 2. The van der Waals surface area contributed by atoms with Crippen molar-refractivity contribution in [2.75, 3.05) is 7.05 Å². The molecule has 0 aliphatic carbocycles. The largest absolute Gasteiger partial charge is 0.347 e. The van der Waals surface area contributed by atoms with E-state index < -0.39 is 6.04 Å². The molecule has 0 fully saturated rings. The lowest BCUT2D eigenvalue weighted by Gasteiger charge is -2.16. The van der Waals surface area contributed by atoms with Crippen molar-refractivity contribution in [1.29, 1.82) is 0 Å². The second kappa shape index (κ2) is 9.73. The number of carbonyl (C=O) groups excluding carboxylic acids is 1. The van der Waals surface area contributed by atoms with Gasteiger partial charge in [0.1, 0.15) is 11.9 Å². The van der Waals surface area contributed by atoms with Gasteiger partial charge in [-0.2, -0.15) is 5.10 Å². The molecule has 1 atom stereocenters. The zero-order chi connectivity index (χ0) is 18.0. The smallest absolute Gasteiger partial charge is 0.242 e. The van der Waals surface area contributed by atoms with E-state index in [9.17, 15) is 4.79 Å². The van der Waals surface area contributed by atoms with Crippen molar-refractivity contribution in [1.82, 2.24) is 30.0 Å². The molecule has 2 aromatic heterocycles. The van der Waals surface area contributed by atoms with E-state index in [-0.39, 0.29) is 36.8 Å². The minimum absolute atomic E-state index is 0. The molecule has 0 aliphatic heterocycles. The third kappa shape index (κ3) is 4.80. The lowest BCUT2D eigenvalue weighted by atomic mass is 10.1. The maximum atomic E-state index is 12.6. The summed E-state index contributed by atoms with van der Waals surface area (Å²) in [4.78, 5) is 17.3. The number of aryl methyl sites for hydroxylation is 1. The van der Waals surface area contributed by atoms with Gasteiger partial charge in [0.2, 0.25) is 5.91 Å². The van der Waals surface area contributed by atoms with Gasteiger partial charge in [-0.15, -0.1) is 24.8 Å². The third-order valence-corrected chi connectivity index (χ3v) is 4.22. The Morgan fingerprint density at radius 2 is 1.93 bits per heavy atom. The second-order valence-corrected chi connectivity index (χ2v) is 6.37. The third-order valence-electron chi connectivity index (χ3n) is 4.22. The van der Waals surface area contributed by atoms with Crippen LogP contribution in [0.5, 0.6) is 0 Å². The molecular weight excluding hydrogens is 387 g/mol. The molecule has 0 bridgehead atoms. The molecule has 2 N–H and O–H groups in total. The molecule has 148 valence electrons. The highest BCUT2D eigenvalue weighted by Gasteiger charge is 2.21. The molecule has 0 spiro atoms. The summed E-state index contributed by atoms with van der Waals surface area (Å²) >= 11 is 0. The highest BCUT2D eigenvalue weighted by molar-refractivity contribution is 5.85. The van der Waals surface area contributed by atoms with Crippen LogP contribution in [0.1, 0.15) is 37.3 Å². The van der Waals surface area contributed by atoms with Gasteiger partial charge in [0, 0.05) is 24.8 Å². The summed E-state index contributed by atoms with van der Waals surface area (Å²) in [5.41, 5.74) is 2.86. The number of benzene rings is 1. The summed E-state index contributed by atoms with van der Waals surface area (Å²) < 4.78 is 3.85. The van der Waals surface area contributed by atoms with Crippen molar-refractivity contribution in [3.8, 4) is 0 Å². The number of likely N-dealkylation sites (N-methyl/N-ethyl adjacent to an activating group) is 1. The summed E-state index contributed by atoms with van der Waals surface area (Å²) in [6, 6.07) is 7.85. The number of carbonyl (C=O) groups is 1. The molecule has 7 nitrogen and oxygen atoms in total. The van der Waals surface area contributed by atoms with E-state index in [4.69, 9.17) is 0 Å². The Labute approximate surface area is 171 Å². The van der Waals surface area contributed by atoms with E-state index in [0.29, 0.717) is 6.54 Å². The monoisotopic (exact) mass is 412 g/mol. The van der Waals surface area contributed by atoms with E-state index in [1.54, 1.807) is 17.9 Å². The summed E-state index contributed by atoms with van der Waals surface area (Å²) in [6.45, 7) is 4.61. The maximum Gasteiger partial charge on any atom is 0.242 e. The Morgan fingerprint density at radius 3 is 2.52 bits per heavy atom. The Bertz CT molecular complexity index is 889. The zero-order valence-corrected chi connectivity index (χ0v) is 17.5. The molecule has 0 aliphatic rings. The summed E-state index contributed by atoms with van der Waals surface area (Å²) in [5.74, 6) is 0.753. The van der Waals surface area contributed by atoms with Crippen LogP contribution in [0.25, 0.3) is 11.0 Å². The van der Waals surface area contributed by atoms with E-state index in [1.165, 1.54) is 0 Å². The molecule has 0 saturated carbocycles. The van der Waals surface area contributed by atoms with Crippen molar-refractivity contribution in [3.05, 3.63) is 48.0 Å². The first-order chi connectivity index (χ1) is 12.0. The van der Waals surface area contributed by atoms with Gasteiger partial charge in [-0.25, -0.2) is 4.98 Å². The van der Waals surface area contributed by atoms with E-state index in [1.807, 2.05) is 31.4 Å². The molecule has 9 heteroatoms. The van der Waals surface area contributed by atoms with Crippen LogP contribution in [0.15, 0.2) is 36.7 Å². The molecule has 1 unspecified atom stereocenters. The van der Waals surface area contributed by atoms with Gasteiger partial charge >= 0.3 is 0 Å². The van der Waals surface area contributed by atoms with Crippen LogP contribution in [0.2, 0.25) is 0 Å². The number of amides is 1. The molecule has 0 saturated heterocycles. The molecule has 1 amide bonds. The molecule has 3 rings (SSSR count). The van der Waals surface area contributed by atoms with Gasteiger partial charge in [-0.05, 0) is 33.0 Å². The summed E-state index contributed by atoms with van der Waals surface area (Å²) in [5, 5.41) is 10.2. The van der Waals surface area contributed by atoms with Crippen molar-refractivity contribution < 1.29 is 4.79 Å². The van der Waals surface area contributed by atoms with Crippen LogP contribution in [-0.2, 0) is 18.4 Å². The number of rotatable bonds is 6. The predicted octanol–water partition coefficient (Wildman–Crippen LogP) is 2.77. The Hall–Kier alpha value is -2.09. The van der Waals surface area contributed by atoms with E-state index in [0.717, 1.165) is 22.4 Å². The van der Waals surface area contributed by atoms with Gasteiger partial charge in [0.15, 0.2) is 0 Å². The standard InChI is InChI=1S/C18H24N6O.2ClH/c1-12(2)24-15-8-6-5-7-14(15)22-16(24)10-20-18(25)17(19-3)13-9-21-23(4)11-13;;/h5-9,11-12,17,19H,10H2,1-4H3,(H,20,25);2*1H. The lowest BCUT2D eigenvalue weighted by molar-refractivity contribution is -0.123. The number of nitrogens with one attached hydrogen (secondary N) is 2. The highest BCUT2D eigenvalue weighted by Crippen LogP contribution is 2.21. The second-order valence-electron chi connectivity index (χ2n) is 6.37. The first kappa shape index (κ1) is 23.0. The van der Waals surface area contributed by atoms with Crippen LogP contribution in [-0.4, -0.2) is 32.3 Å². The molecule has 1 aromatic carbocycles. The number of aromatic nitrogens is 4. The van der Waals surface area contributed by atoms with Gasteiger partial charge in [0.25, 0.3) is 0 Å². The fourth-order valence-corrected chi connectivity index (χ4v) is 3.10. The quantitative estimate of drug-likeness (QED) is 0.652. The Balaban J connectivity index is 0.00000182. The normalized spacial score (nSPS) is 11.7. The predicted molar refractivity (Wildman–Crippen MR) is 111 cm³/mol. The van der Waals surface area contributed by atoms with Crippen molar-refractivity contribution >= 4 is 41.8 Å². The number of para-hydroxylation sites is 2. The molecular formula is C18H26Cl2N6O. The van der Waals surface area contributed by atoms with Crippen molar-refractivity contribution in [2.45, 2.75) is 32.5 Å². The number of halogens is 2. The summed E-state index contributed by atoms with van der Waals surface area (Å²) in [6.07, 6.45) is 3.54. The van der Waals surface area contributed by atoms with Crippen LogP contribution >= 0.6 is 24.8 Å². The topological polar surface area (TPSA) is 76.8 Å². The van der Waals surface area contributed by atoms with Gasteiger partial charge < -0.3 is 15.2 Å². The number of imidazole rings is 1. The molecule has 3 aromatic rings. The minimum atomic E-state index is -0.439. The molecule has 0 radical (unpaired) electrons. The van der Waals surface area contributed by atoms with E-state index in [2.05, 4.69) is 45.2 Å². The average Bonchev–Trinajstić information content (AvgIpc) is 3.17. The van der Waals surface area contributed by atoms with Crippen LogP contribution in [0, 0.1) is 0 Å². The SMILES string of the molecule is CNC(C(=O)NCc1nc2ccccc2n1C(C)C)c1cnn(C)c1.Cl.Cl. The highest BCUT2D eigenvalue weighted by atomic mass is 35.5. The van der Waals surface area contributed by atoms with Crippen LogP contribution in [0.4, 0.5) is 0 Å². The molecule has 27 heavy (non-hydrogen) atoms. The van der Waals surface area contributed by atoms with Gasteiger partial charge in [0.05, 0.1) is 23.8 Å². The minimum Gasteiger partial charge on any atom is -0.347 e. The van der Waals surface area contributed by atoms with Crippen LogP contribution in [0.3, 0.4) is 0 Å². The maximum absolute atomic E-state index is 12.6. The van der Waals surface area contributed by atoms with Crippen LogP contribution < -0.4 is 10.6 Å². The van der Waals surface area contributed by atoms with Gasteiger partial charge in [-0.1, -0.05) is 12.1 Å². The first-order valence-electron chi connectivity index (χ1n) is 8.40. The number of hydrogen-bond acceptors (Lipinski definition) is 4. The van der Waals surface area contributed by atoms with Crippen molar-refractivity contribution in [2.24, 2.45) is 7.05 Å². The Morgan fingerprint density at radius 1 is 1.22 bits per heavy atom. The Kier molecular flexibility index (Phi) is 8.27. The lowest BCUT2D eigenvalue weighted by Crippen LogP contribution is -2.36. The number of nitrogens with zero attached hydrogens (tertiary/aromatic N) is 4.